The van der Waals surface area contributed by atoms with E-state index in [1.165, 1.54) is 21.8 Å². The first kappa shape index (κ1) is 21.0. The van der Waals surface area contributed by atoms with Gasteiger partial charge in [-0.1, -0.05) is 91.0 Å². The van der Waals surface area contributed by atoms with Crippen LogP contribution in [0, 0.1) is 0 Å². The minimum Gasteiger partial charge on any atom is -0.454 e. The molecular weight excluding hydrogens is 464 g/mol. The molecule has 0 fully saturated rings. The van der Waals surface area contributed by atoms with E-state index in [1.54, 1.807) is 0 Å². The Morgan fingerprint density at radius 3 is 1.76 bits per heavy atom. The summed E-state index contributed by atoms with van der Waals surface area (Å²) in [7, 11) is 0. The lowest BCUT2D eigenvalue weighted by Gasteiger charge is -2.17. The van der Waals surface area contributed by atoms with E-state index in [2.05, 4.69) is 119 Å². The molecule has 0 N–H and O–H groups in total. The molecule has 0 amide bonds. The third kappa shape index (κ3) is 2.99. The van der Waals surface area contributed by atoms with Crippen LogP contribution in [0.1, 0.15) is 0 Å². The highest BCUT2D eigenvalue weighted by Crippen LogP contribution is 2.42. The minimum absolute atomic E-state index is 0.815. The Labute approximate surface area is 219 Å². The highest BCUT2D eigenvalue weighted by Gasteiger charge is 2.19. The number of furan rings is 1. The molecule has 0 atom stereocenters. The van der Waals surface area contributed by atoms with Crippen molar-refractivity contribution in [3.8, 4) is 27.9 Å². The van der Waals surface area contributed by atoms with Gasteiger partial charge in [-0.3, -0.25) is 4.98 Å². The number of benzene rings is 5. The zero-order valence-electron chi connectivity index (χ0n) is 20.5. The Morgan fingerprint density at radius 2 is 1.03 bits per heavy atom. The average Bonchev–Trinajstić information content (AvgIpc) is 3.53. The van der Waals surface area contributed by atoms with Gasteiger partial charge in [0.2, 0.25) is 0 Å². The Kier molecular flexibility index (Phi) is 4.52. The van der Waals surface area contributed by atoms with Crippen molar-refractivity contribution < 1.29 is 4.42 Å². The molecule has 8 aromatic rings. The van der Waals surface area contributed by atoms with Crippen LogP contribution in [0.15, 0.2) is 138 Å². The molecule has 0 aliphatic heterocycles. The molecule has 0 saturated carbocycles. The number of aromatic nitrogens is 2. The van der Waals surface area contributed by atoms with Gasteiger partial charge in [0.1, 0.15) is 11.1 Å². The van der Waals surface area contributed by atoms with Crippen LogP contribution < -0.4 is 0 Å². The van der Waals surface area contributed by atoms with Crippen molar-refractivity contribution in [1.29, 1.82) is 0 Å². The molecular formula is C35H22N2O. The number of fused-ring (bicyclic) bond motifs is 6. The predicted molar refractivity (Wildman–Crippen MR) is 157 cm³/mol. The smallest absolute Gasteiger partial charge is 0.161 e. The highest BCUT2D eigenvalue weighted by atomic mass is 16.3. The molecule has 3 heterocycles. The zero-order chi connectivity index (χ0) is 25.1. The Bertz CT molecular complexity index is 2090. The Hall–Kier alpha value is -5.15. The van der Waals surface area contributed by atoms with Crippen LogP contribution in [0.2, 0.25) is 0 Å². The Morgan fingerprint density at radius 1 is 0.474 bits per heavy atom. The third-order valence-electron chi connectivity index (χ3n) is 7.49. The number of hydrogen-bond donors (Lipinski definition) is 0. The molecule has 0 bridgehead atoms. The van der Waals surface area contributed by atoms with Gasteiger partial charge < -0.3 is 8.98 Å². The fourth-order valence-electron chi connectivity index (χ4n) is 5.85. The van der Waals surface area contributed by atoms with E-state index in [1.807, 2.05) is 24.4 Å². The van der Waals surface area contributed by atoms with Gasteiger partial charge in [-0.25, -0.2) is 0 Å². The number of pyridine rings is 1. The molecule has 0 saturated heterocycles. The molecule has 0 spiro atoms. The maximum absolute atomic E-state index is 6.38. The van der Waals surface area contributed by atoms with Crippen molar-refractivity contribution in [2.45, 2.75) is 0 Å². The van der Waals surface area contributed by atoms with Crippen LogP contribution in [0.25, 0.3) is 71.8 Å². The lowest BCUT2D eigenvalue weighted by atomic mass is 9.93. The average molecular weight is 487 g/mol. The van der Waals surface area contributed by atoms with Gasteiger partial charge in [0, 0.05) is 33.5 Å². The lowest BCUT2D eigenvalue weighted by molar-refractivity contribution is 0.669. The van der Waals surface area contributed by atoms with Crippen molar-refractivity contribution in [1.82, 2.24) is 9.55 Å². The van der Waals surface area contributed by atoms with Crippen LogP contribution >= 0.6 is 0 Å². The molecule has 0 aliphatic rings. The second-order valence-corrected chi connectivity index (χ2v) is 9.57. The van der Waals surface area contributed by atoms with Crippen molar-refractivity contribution in [3.05, 3.63) is 134 Å². The lowest BCUT2D eigenvalue weighted by Crippen LogP contribution is -1.98. The molecule has 0 radical (unpaired) electrons. The number of para-hydroxylation sites is 4. The summed E-state index contributed by atoms with van der Waals surface area (Å²) in [5.41, 5.74) is 10.6. The number of hydrogen-bond acceptors (Lipinski definition) is 2. The highest BCUT2D eigenvalue weighted by molar-refractivity contribution is 6.11. The van der Waals surface area contributed by atoms with Gasteiger partial charge >= 0.3 is 0 Å². The maximum Gasteiger partial charge on any atom is 0.161 e. The SMILES string of the molecule is c1ccc(-c2ccnc3c2oc2ccccc23)c(-c2ccccc2-n2c3ccccc3c3ccccc32)c1. The summed E-state index contributed by atoms with van der Waals surface area (Å²) >= 11 is 0. The van der Waals surface area contributed by atoms with E-state index in [4.69, 9.17) is 4.42 Å². The summed E-state index contributed by atoms with van der Waals surface area (Å²) in [5, 5.41) is 3.54. The summed E-state index contributed by atoms with van der Waals surface area (Å²) in [6, 6.07) is 44.7. The van der Waals surface area contributed by atoms with Gasteiger partial charge in [0.15, 0.2) is 5.58 Å². The second kappa shape index (κ2) is 8.19. The normalized spacial score (nSPS) is 11.7. The molecule has 3 nitrogen and oxygen atoms in total. The first-order valence-electron chi connectivity index (χ1n) is 12.8. The molecule has 5 aromatic carbocycles. The van der Waals surface area contributed by atoms with Crippen molar-refractivity contribution in [2.24, 2.45) is 0 Å². The first-order chi connectivity index (χ1) is 18.9. The van der Waals surface area contributed by atoms with Gasteiger partial charge in [0.25, 0.3) is 0 Å². The third-order valence-corrected chi connectivity index (χ3v) is 7.49. The standard InChI is InChI=1S/C35H22N2O/c1-2-12-24(28-21-22-36-34-29-16-6-10-20-33(29)38-35(28)34)23(11-1)25-13-3-7-17-30(25)37-31-18-8-4-14-26(31)27-15-5-9-19-32(27)37/h1-22H. The van der Waals surface area contributed by atoms with Gasteiger partial charge in [0.05, 0.1) is 16.7 Å². The van der Waals surface area contributed by atoms with Gasteiger partial charge in [-0.05, 0) is 47.5 Å². The van der Waals surface area contributed by atoms with E-state index in [9.17, 15) is 0 Å². The van der Waals surface area contributed by atoms with Crippen LogP contribution in [-0.2, 0) is 0 Å². The van der Waals surface area contributed by atoms with Gasteiger partial charge in [-0.2, -0.15) is 0 Å². The van der Waals surface area contributed by atoms with E-state index >= 15 is 0 Å². The van der Waals surface area contributed by atoms with Crippen molar-refractivity contribution in [2.75, 3.05) is 0 Å². The first-order valence-corrected chi connectivity index (χ1v) is 12.8. The Balaban J connectivity index is 1.43. The van der Waals surface area contributed by atoms with Crippen LogP contribution in [0.5, 0.6) is 0 Å². The molecule has 8 rings (SSSR count). The summed E-state index contributed by atoms with van der Waals surface area (Å²) < 4.78 is 8.77. The molecule has 0 aliphatic carbocycles. The summed E-state index contributed by atoms with van der Waals surface area (Å²) in [6.07, 6.45) is 1.88. The zero-order valence-corrected chi connectivity index (χ0v) is 20.5. The number of nitrogens with zero attached hydrogens (tertiary/aromatic N) is 2. The van der Waals surface area contributed by atoms with Crippen LogP contribution in [0.4, 0.5) is 0 Å². The van der Waals surface area contributed by atoms with E-state index in [0.29, 0.717) is 0 Å². The molecule has 0 unspecified atom stereocenters. The molecule has 3 aromatic heterocycles. The quantitative estimate of drug-likeness (QED) is 0.249. The molecule has 38 heavy (non-hydrogen) atoms. The fraction of sp³-hybridized carbons (Fsp3) is 0. The minimum atomic E-state index is 0.815. The van der Waals surface area contributed by atoms with E-state index in [-0.39, 0.29) is 0 Å². The van der Waals surface area contributed by atoms with Crippen LogP contribution in [-0.4, -0.2) is 9.55 Å². The monoisotopic (exact) mass is 486 g/mol. The van der Waals surface area contributed by atoms with E-state index < -0.39 is 0 Å². The fourth-order valence-corrected chi connectivity index (χ4v) is 5.85. The number of rotatable bonds is 3. The molecule has 3 heteroatoms. The largest absolute Gasteiger partial charge is 0.454 e. The molecule has 178 valence electrons. The van der Waals surface area contributed by atoms with Crippen LogP contribution in [0.3, 0.4) is 0 Å². The van der Waals surface area contributed by atoms with Crippen molar-refractivity contribution >= 4 is 43.9 Å². The predicted octanol–water partition coefficient (Wildman–Crippen LogP) is 9.41. The maximum atomic E-state index is 6.38. The summed E-state index contributed by atoms with van der Waals surface area (Å²) in [6.45, 7) is 0. The summed E-state index contributed by atoms with van der Waals surface area (Å²) in [4.78, 5) is 4.69. The topological polar surface area (TPSA) is 31.0 Å². The summed E-state index contributed by atoms with van der Waals surface area (Å²) in [5.74, 6) is 0. The second-order valence-electron chi connectivity index (χ2n) is 9.57. The van der Waals surface area contributed by atoms with E-state index in [0.717, 1.165) is 50.0 Å². The van der Waals surface area contributed by atoms with Crippen molar-refractivity contribution in [3.63, 3.8) is 0 Å². The van der Waals surface area contributed by atoms with Gasteiger partial charge in [-0.15, -0.1) is 0 Å².